The summed E-state index contributed by atoms with van der Waals surface area (Å²) >= 11 is 2.29. The zero-order valence-corrected chi connectivity index (χ0v) is 95.7. The van der Waals surface area contributed by atoms with Crippen LogP contribution in [-0.4, -0.2) is 297 Å². The van der Waals surface area contributed by atoms with Crippen LogP contribution in [0.2, 0.25) is 54.4 Å². The van der Waals surface area contributed by atoms with Crippen LogP contribution in [0.5, 0.6) is 0 Å². The Balaban J connectivity index is 0.000000200. The third kappa shape index (κ3) is 29.8. The number of hydrogen-bond acceptors (Lipinski definition) is 27. The van der Waals surface area contributed by atoms with Crippen LogP contribution in [0.1, 0.15) is 258 Å². The normalized spacial score (nSPS) is 38.5. The molecule has 34 heteroatoms. The van der Waals surface area contributed by atoms with Gasteiger partial charge in [-0.25, -0.2) is 16.8 Å². The van der Waals surface area contributed by atoms with Crippen LogP contribution in [0.15, 0.2) is 94.0 Å². The Morgan fingerprint density at radius 1 is 0.599 bits per heavy atom. The highest BCUT2D eigenvalue weighted by molar-refractivity contribution is 14.1. The summed E-state index contributed by atoms with van der Waals surface area (Å²) in [4.78, 5) is 25.9. The molecule has 1 spiro atoms. The van der Waals surface area contributed by atoms with E-state index in [0.717, 1.165) is 138 Å². The maximum absolute atomic E-state index is 14.1. The minimum Gasteiger partial charge on any atom is -0.748 e. The lowest BCUT2D eigenvalue weighted by molar-refractivity contribution is -0.385. The van der Waals surface area contributed by atoms with E-state index in [1.807, 2.05) is 6.07 Å². The molecule has 12 bridgehead atoms. The quantitative estimate of drug-likeness (QED) is 0.0220. The minimum absolute atomic E-state index is 0. The standard InChI is InChI=1S/C40H59NO11.C35H54O7S.C31H61IO6Si3.CH4O3S.CH4/c1-19-11-24-5-7-28-20(2)12-26(45-28)9-10-40-17-33-36(51-40)37-38(50-33)39(52-40)35-29(49-37)8-6-25(47-35)13-22(42)14-27-31(16-30(46-24)21(19)3)48-32(34(27)44-4)15-23(43)18-41;1-7-23(2)18-34-35(39-6)30(22-43(37,38)29-13-9-8-10-14-29)33(42-34)21-32-26(5)24(3)19-28(41-32)15-16-31-25(4)20-27(40-31)12-11-17-36;1-29(2,3)39(10,11)36-24(18-20-32)26-28(38-41(14,15)31(7,8)9)27(37-40(12,13)30(4,5)6)25-23(35-26)17-16-22(34-25)19-21-33;1-5(2,3)4;/h19,23-39,43H,2-3,5-18,41H2,1,4H3;8-10,13-14,23-24,27-28,30-36H,4-5,7,11-12,15-22H2,1-3,6H3;18,20-28H,16-17,19H2,1-15H3;1H3,(H,2,3,4);1H4/b;;20-18+;;/t19-,23+,24+,25?,26+,27+,28?,29+,30?,31+,32-,33-,34-,35+,36?,37+,38-,39+,40+;23-,24-,27+,28+,30+,31?,32-,33+,34-,35-;22-,23+,24+,25+,26+,27+,28-;;/m111../s1. The number of aliphatic hydroxyl groups excluding tert-OH is 2. The molecular formula is C108H182INO27S2Si3. The van der Waals surface area contributed by atoms with Crippen molar-refractivity contribution in [2.75, 3.05) is 39.4 Å². The van der Waals surface area contributed by atoms with Crippen molar-refractivity contribution in [2.45, 2.75) is 506 Å². The van der Waals surface area contributed by atoms with Crippen LogP contribution in [0, 0.1) is 29.6 Å². The average Bonchev–Trinajstić information content (AvgIpc) is 1.54. The highest BCUT2D eigenvalue weighted by Crippen LogP contribution is 2.57. The van der Waals surface area contributed by atoms with Gasteiger partial charge in [0, 0.05) is 90.3 Å². The molecule has 28 nitrogen and oxygen atoms in total. The third-order valence-electron chi connectivity index (χ3n) is 34.4. The summed E-state index contributed by atoms with van der Waals surface area (Å²) in [7, 11) is -10.8. The molecule has 0 radical (unpaired) electrons. The van der Waals surface area contributed by atoms with E-state index < -0.39 is 56.8 Å². The number of fused-ring (bicyclic) bond motifs is 7. The maximum atomic E-state index is 14.1. The Labute approximate surface area is 868 Å². The molecule has 0 amide bonds. The van der Waals surface area contributed by atoms with Crippen LogP contribution in [0.3, 0.4) is 0 Å². The number of sulfone groups is 1. The smallest absolute Gasteiger partial charge is 0.193 e. The molecule has 15 aliphatic rings. The maximum Gasteiger partial charge on any atom is 0.193 e. The summed E-state index contributed by atoms with van der Waals surface area (Å²) in [5.41, 5.74) is 8.29. The zero-order chi connectivity index (χ0) is 103. The van der Waals surface area contributed by atoms with E-state index >= 15 is 0 Å². The molecule has 142 heavy (non-hydrogen) atoms. The first-order valence-electron chi connectivity index (χ1n) is 52.9. The molecule has 15 heterocycles. The van der Waals surface area contributed by atoms with E-state index in [1.165, 1.54) is 0 Å². The van der Waals surface area contributed by atoms with Gasteiger partial charge >= 0.3 is 0 Å². The van der Waals surface area contributed by atoms with Crippen LogP contribution in [-0.2, 0) is 114 Å². The van der Waals surface area contributed by atoms with Crippen molar-refractivity contribution in [1.29, 1.82) is 0 Å². The summed E-state index contributed by atoms with van der Waals surface area (Å²) in [6.45, 7) is 61.2. The number of benzene rings is 1. The van der Waals surface area contributed by atoms with Crippen molar-refractivity contribution in [3.05, 3.63) is 89.1 Å². The van der Waals surface area contributed by atoms with Crippen molar-refractivity contribution in [3.8, 4) is 0 Å². The number of carbonyl (C=O) groups excluding carboxylic acids is 2. The number of ether oxygens (including phenoxy) is 15. The number of aldehydes is 1. The summed E-state index contributed by atoms with van der Waals surface area (Å²) < 4.78 is 178. The molecule has 15 saturated heterocycles. The van der Waals surface area contributed by atoms with Crippen molar-refractivity contribution in [2.24, 2.45) is 29.6 Å². The van der Waals surface area contributed by atoms with Crippen LogP contribution in [0.25, 0.3) is 0 Å². The minimum atomic E-state index is -3.92. The highest BCUT2D eigenvalue weighted by Gasteiger charge is 2.70. The average molecular weight is 2200 g/mol. The van der Waals surface area contributed by atoms with Gasteiger partial charge in [0.15, 0.2) is 40.6 Å². The van der Waals surface area contributed by atoms with E-state index in [1.54, 1.807) is 38.5 Å². The largest absolute Gasteiger partial charge is 0.748 e. The summed E-state index contributed by atoms with van der Waals surface area (Å²) in [6.07, 6.45) is 15.8. The Morgan fingerprint density at radius 3 is 1.83 bits per heavy atom. The monoisotopic (exact) mass is 2200 g/mol. The molecule has 0 aromatic heterocycles. The first-order chi connectivity index (χ1) is 66.0. The predicted molar refractivity (Wildman–Crippen MR) is 564 cm³/mol. The molecule has 0 saturated carbocycles. The molecule has 1 aromatic carbocycles. The Hall–Kier alpha value is -2.34. The second-order valence-corrected chi connectivity index (χ2v) is 66.5. The van der Waals surface area contributed by atoms with Crippen molar-refractivity contribution >= 4 is 79.6 Å². The lowest BCUT2D eigenvalue weighted by Gasteiger charge is -2.56. The van der Waals surface area contributed by atoms with Crippen LogP contribution >= 0.6 is 22.6 Å². The Morgan fingerprint density at radius 2 is 1.20 bits per heavy atom. The number of hydrogen-bond donors (Lipinski definition) is 3. The van der Waals surface area contributed by atoms with E-state index in [9.17, 15) is 28.2 Å². The zero-order valence-electron chi connectivity index (χ0n) is 89.0. The van der Waals surface area contributed by atoms with Crippen LogP contribution < -0.4 is 5.73 Å². The van der Waals surface area contributed by atoms with E-state index in [-0.39, 0.29) is 241 Å². The molecular weight excluding hydrogens is 2020 g/mol. The Bertz CT molecular complexity index is 4540. The van der Waals surface area contributed by atoms with Crippen LogP contribution in [0.4, 0.5) is 0 Å². The number of methoxy groups -OCH3 is 2. The molecule has 5 N–H and O–H groups in total. The van der Waals surface area contributed by atoms with E-state index in [0.29, 0.717) is 75.0 Å². The number of aliphatic hydroxyl groups is 2. The molecule has 1 aromatic rings. The summed E-state index contributed by atoms with van der Waals surface area (Å²) in [5, 5.41) is 19.8. The van der Waals surface area contributed by atoms with Crippen molar-refractivity contribution in [3.63, 3.8) is 0 Å². The van der Waals surface area contributed by atoms with Gasteiger partial charge in [-0.05, 0) is 219 Å². The highest BCUT2D eigenvalue weighted by atomic mass is 127. The van der Waals surface area contributed by atoms with Crippen molar-refractivity contribution < 1.29 is 131 Å². The molecule has 16 rings (SSSR count). The topological polar surface area (TPSA) is 360 Å². The fourth-order valence-electron chi connectivity index (χ4n) is 23.1. The molecule has 36 atom stereocenters. The number of quaternary nitrogens is 1. The van der Waals surface area contributed by atoms with Crippen molar-refractivity contribution in [1.82, 2.24) is 0 Å². The lowest BCUT2D eigenvalue weighted by Crippen LogP contribution is -2.69. The van der Waals surface area contributed by atoms with Gasteiger partial charge in [-0.15, -0.1) is 0 Å². The molecule has 15 aliphatic heterocycles. The summed E-state index contributed by atoms with van der Waals surface area (Å²) in [5.74, 6) is -0.199. The third-order valence-corrected chi connectivity index (χ3v) is 50.1. The van der Waals surface area contributed by atoms with E-state index in [4.69, 9.17) is 97.3 Å². The number of halogens is 1. The molecule has 15 fully saturated rings. The fraction of sp³-hybridized carbons (Fsp3) is 0.833. The van der Waals surface area contributed by atoms with Gasteiger partial charge in [-0.2, -0.15) is 0 Å². The SMILES string of the molecule is C.C=C1C[C@@H]2CC[C@@]34C[C@H]5O[C@H]6[C@@H](O3)[C@H]3OC(CC[C@@H]3O[C@H]6C5O4)CC(=O)C[C@@H]3[C@@H](OC)[C@@H](C[C@H](O)C[NH3+])O[C@H]3CC3O[C@@H](CCC1O2)C[C@@H](C)C3=C.C=C1C[C@H](CCCO)OC1CC[C@H]1C[C@@H](C)C(=C)[C@@H](C[C@@H]2O[C@H](C[C@H](C)CC)[C@H](OC)[C@H]2CS(=O)(=O)c2ccccc2)O1.CC(C)(C)[Si](C)(C)O[C@@H]1[C@H](O[Si](C)(C)C(C)(C)C)[C@H]([C@H](/C=C/I)O[Si](C)(C)C(C)(C)C)O[C@H]2CC[C@H](CC=O)O[C@H]12.CS(=O)(=O)[O-]. The predicted octanol–water partition coefficient (Wildman–Crippen LogP) is 17.8. The fourth-order valence-corrected chi connectivity index (χ4v) is 29.0. The number of ketones is 1. The molecule has 5 unspecified atom stereocenters. The van der Waals surface area contributed by atoms with Gasteiger partial charge in [0.2, 0.25) is 0 Å². The number of rotatable bonds is 29. The van der Waals surface area contributed by atoms with Gasteiger partial charge in [0.25, 0.3) is 0 Å². The van der Waals surface area contributed by atoms with Gasteiger partial charge < -0.3 is 110 Å². The Kier molecular flexibility index (Phi) is 42.4. The van der Waals surface area contributed by atoms with E-state index in [2.05, 4.69) is 194 Å². The van der Waals surface area contributed by atoms with Gasteiger partial charge in [-0.3, -0.25) is 4.79 Å². The van der Waals surface area contributed by atoms with Gasteiger partial charge in [0.1, 0.15) is 79.7 Å². The number of carbonyl (C=O) groups is 2. The van der Waals surface area contributed by atoms with Gasteiger partial charge in [0.05, 0.1) is 143 Å². The molecule has 0 aliphatic carbocycles. The molecule has 812 valence electrons. The lowest BCUT2D eigenvalue weighted by atomic mass is 9.81. The number of Topliss-reactive ketones (excluding diaryl/α,β-unsaturated/α-hetero) is 1. The first kappa shape index (κ1) is 120. The first-order valence-corrected chi connectivity index (χ1v) is 66.3. The second kappa shape index (κ2) is 50.3. The second-order valence-electron chi connectivity index (χ2n) is 48.0. The van der Waals surface area contributed by atoms with Gasteiger partial charge in [-0.1, -0.05) is 171 Å². The summed E-state index contributed by atoms with van der Waals surface area (Å²) in [6, 6.07) is 8.67.